The molecule has 1 unspecified atom stereocenters. The van der Waals surface area contributed by atoms with Crippen molar-refractivity contribution in [3.8, 4) is 0 Å². The molecule has 0 amide bonds. The Balaban J connectivity index is 2.58. The first-order chi connectivity index (χ1) is 8.44. The van der Waals surface area contributed by atoms with Crippen molar-refractivity contribution >= 4 is 5.97 Å². The van der Waals surface area contributed by atoms with Crippen LogP contribution >= 0.6 is 0 Å². The number of esters is 1. The average molecular weight is 254 g/mol. The molecular formula is C16H30O2. The third-order valence-electron chi connectivity index (χ3n) is 4.86. The maximum absolute atomic E-state index is 12.0. The summed E-state index contributed by atoms with van der Waals surface area (Å²) in [7, 11) is 0. The van der Waals surface area contributed by atoms with Crippen LogP contribution in [0.25, 0.3) is 0 Å². The smallest absolute Gasteiger partial charge is 0.309 e. The van der Waals surface area contributed by atoms with E-state index in [2.05, 4.69) is 20.8 Å². The van der Waals surface area contributed by atoms with E-state index >= 15 is 0 Å². The number of rotatable bonds is 5. The Morgan fingerprint density at radius 3 is 2.17 bits per heavy atom. The molecule has 0 radical (unpaired) electrons. The lowest BCUT2D eigenvalue weighted by Crippen LogP contribution is -2.40. The van der Waals surface area contributed by atoms with Crippen molar-refractivity contribution in [1.82, 2.24) is 0 Å². The Bertz CT molecular complexity index is 262. The van der Waals surface area contributed by atoms with Crippen molar-refractivity contribution in [3.05, 3.63) is 0 Å². The molecule has 0 saturated heterocycles. The molecule has 0 aromatic carbocycles. The molecule has 1 rings (SSSR count). The summed E-state index contributed by atoms with van der Waals surface area (Å²) in [4.78, 5) is 12.0. The normalized spacial score (nSPS) is 30.2. The molecule has 1 aliphatic carbocycles. The molecule has 0 heterocycles. The number of hydrogen-bond donors (Lipinski definition) is 0. The summed E-state index contributed by atoms with van der Waals surface area (Å²) in [6.45, 7) is 10.8. The highest BCUT2D eigenvalue weighted by Crippen LogP contribution is 2.40. The second kappa shape index (κ2) is 6.58. The minimum absolute atomic E-state index is 0.00217. The number of hydrogen-bond acceptors (Lipinski definition) is 2. The van der Waals surface area contributed by atoms with Gasteiger partial charge >= 0.3 is 5.97 Å². The molecule has 2 heteroatoms. The summed E-state index contributed by atoms with van der Waals surface area (Å²) >= 11 is 0. The Morgan fingerprint density at radius 1 is 1.22 bits per heavy atom. The molecule has 1 fully saturated rings. The number of ether oxygens (including phenoxy) is 1. The van der Waals surface area contributed by atoms with Crippen LogP contribution in [-0.4, -0.2) is 11.6 Å². The van der Waals surface area contributed by atoms with Gasteiger partial charge in [0.25, 0.3) is 0 Å². The molecule has 0 aliphatic heterocycles. The predicted molar refractivity (Wildman–Crippen MR) is 75.4 cm³/mol. The minimum Gasteiger partial charge on any atom is -0.459 e. The van der Waals surface area contributed by atoms with E-state index in [-0.39, 0.29) is 17.5 Å². The maximum Gasteiger partial charge on any atom is 0.309 e. The maximum atomic E-state index is 12.0. The van der Waals surface area contributed by atoms with Crippen LogP contribution in [0.3, 0.4) is 0 Å². The largest absolute Gasteiger partial charge is 0.459 e. The van der Waals surface area contributed by atoms with Crippen LogP contribution < -0.4 is 0 Å². The van der Waals surface area contributed by atoms with E-state index in [1.165, 1.54) is 12.8 Å². The van der Waals surface area contributed by atoms with Crippen LogP contribution in [0.4, 0.5) is 0 Å². The fourth-order valence-corrected chi connectivity index (χ4v) is 2.84. The predicted octanol–water partition coefficient (Wildman–Crippen LogP) is 4.57. The highest BCUT2D eigenvalue weighted by Gasteiger charge is 2.38. The Labute approximate surface area is 112 Å². The van der Waals surface area contributed by atoms with Gasteiger partial charge in [-0.15, -0.1) is 0 Å². The van der Waals surface area contributed by atoms with E-state index in [9.17, 15) is 4.79 Å². The summed E-state index contributed by atoms with van der Waals surface area (Å²) < 4.78 is 5.87. The zero-order valence-corrected chi connectivity index (χ0v) is 12.8. The Hall–Kier alpha value is -0.530. The van der Waals surface area contributed by atoms with E-state index < -0.39 is 0 Å². The van der Waals surface area contributed by atoms with Crippen molar-refractivity contribution < 1.29 is 9.53 Å². The minimum atomic E-state index is -0.161. The summed E-state index contributed by atoms with van der Waals surface area (Å²) in [5.41, 5.74) is -0.161. The first kappa shape index (κ1) is 15.5. The molecule has 1 atom stereocenters. The lowest BCUT2D eigenvalue weighted by atomic mass is 9.73. The van der Waals surface area contributed by atoms with Gasteiger partial charge in [0.15, 0.2) is 0 Å². The summed E-state index contributed by atoms with van der Waals surface area (Å²) in [6, 6.07) is 0. The fourth-order valence-electron chi connectivity index (χ4n) is 2.84. The molecule has 0 aromatic heterocycles. The second-order valence-corrected chi connectivity index (χ2v) is 6.35. The van der Waals surface area contributed by atoms with E-state index in [0.29, 0.717) is 0 Å². The topological polar surface area (TPSA) is 26.3 Å². The van der Waals surface area contributed by atoms with Gasteiger partial charge < -0.3 is 4.74 Å². The Kier molecular flexibility index (Phi) is 5.68. The van der Waals surface area contributed by atoms with Crippen molar-refractivity contribution in [2.75, 3.05) is 0 Å². The molecule has 0 bridgehead atoms. The fraction of sp³-hybridized carbons (Fsp3) is 0.938. The van der Waals surface area contributed by atoms with Crippen LogP contribution in [0.2, 0.25) is 0 Å². The first-order valence-corrected chi connectivity index (χ1v) is 7.67. The SMILES string of the molecule is CCC(C)C(=O)OC1(CC)CCC(C(C)C)CC1. The van der Waals surface area contributed by atoms with Gasteiger partial charge in [0.05, 0.1) is 5.92 Å². The van der Waals surface area contributed by atoms with Gasteiger partial charge in [0.2, 0.25) is 0 Å². The number of carbonyl (C=O) groups excluding carboxylic acids is 1. The van der Waals surface area contributed by atoms with Gasteiger partial charge in [-0.2, -0.15) is 0 Å². The van der Waals surface area contributed by atoms with Crippen LogP contribution in [0, 0.1) is 17.8 Å². The third kappa shape index (κ3) is 3.73. The van der Waals surface area contributed by atoms with Crippen LogP contribution in [0.1, 0.15) is 73.1 Å². The van der Waals surface area contributed by atoms with E-state index in [0.717, 1.165) is 37.5 Å². The molecular weight excluding hydrogens is 224 g/mol. The zero-order chi connectivity index (χ0) is 13.8. The van der Waals surface area contributed by atoms with E-state index in [4.69, 9.17) is 4.74 Å². The van der Waals surface area contributed by atoms with Crippen molar-refractivity contribution in [1.29, 1.82) is 0 Å². The zero-order valence-electron chi connectivity index (χ0n) is 12.8. The quantitative estimate of drug-likeness (QED) is 0.672. The summed E-state index contributed by atoms with van der Waals surface area (Å²) in [6.07, 6.45) is 6.34. The van der Waals surface area contributed by atoms with Crippen molar-refractivity contribution in [2.45, 2.75) is 78.7 Å². The van der Waals surface area contributed by atoms with Gasteiger partial charge in [-0.25, -0.2) is 0 Å². The van der Waals surface area contributed by atoms with Gasteiger partial charge in [0, 0.05) is 0 Å². The average Bonchev–Trinajstić information content (AvgIpc) is 2.38. The third-order valence-corrected chi connectivity index (χ3v) is 4.86. The summed E-state index contributed by atoms with van der Waals surface area (Å²) in [5.74, 6) is 1.61. The van der Waals surface area contributed by atoms with Crippen LogP contribution in [0.5, 0.6) is 0 Å². The molecule has 0 aromatic rings. The lowest BCUT2D eigenvalue weighted by Gasteiger charge is -2.40. The van der Waals surface area contributed by atoms with Crippen molar-refractivity contribution in [3.63, 3.8) is 0 Å². The van der Waals surface area contributed by atoms with Gasteiger partial charge in [0.1, 0.15) is 5.60 Å². The molecule has 18 heavy (non-hydrogen) atoms. The molecule has 1 saturated carbocycles. The monoisotopic (exact) mass is 254 g/mol. The van der Waals surface area contributed by atoms with Gasteiger partial charge in [-0.05, 0) is 50.4 Å². The molecule has 0 N–H and O–H groups in total. The number of carbonyl (C=O) groups is 1. The highest BCUT2D eigenvalue weighted by molar-refractivity contribution is 5.72. The highest BCUT2D eigenvalue weighted by atomic mass is 16.6. The standard InChI is InChI=1S/C16H30O2/c1-6-13(5)15(17)18-16(7-2)10-8-14(9-11-16)12(3)4/h12-14H,6-11H2,1-5H3. The van der Waals surface area contributed by atoms with E-state index in [1.807, 2.05) is 13.8 Å². The molecule has 0 spiro atoms. The molecule has 1 aliphatic rings. The van der Waals surface area contributed by atoms with Gasteiger partial charge in [-0.3, -0.25) is 4.79 Å². The van der Waals surface area contributed by atoms with E-state index in [1.54, 1.807) is 0 Å². The second-order valence-electron chi connectivity index (χ2n) is 6.35. The van der Waals surface area contributed by atoms with Crippen LogP contribution in [-0.2, 0) is 9.53 Å². The lowest BCUT2D eigenvalue weighted by molar-refractivity contribution is -0.170. The van der Waals surface area contributed by atoms with Crippen molar-refractivity contribution in [2.24, 2.45) is 17.8 Å². The summed E-state index contributed by atoms with van der Waals surface area (Å²) in [5, 5.41) is 0. The Morgan fingerprint density at radius 2 is 1.78 bits per heavy atom. The molecule has 2 nitrogen and oxygen atoms in total. The van der Waals surface area contributed by atoms with Gasteiger partial charge in [-0.1, -0.05) is 34.6 Å². The first-order valence-electron chi connectivity index (χ1n) is 7.67. The molecule has 106 valence electrons. The van der Waals surface area contributed by atoms with Crippen LogP contribution in [0.15, 0.2) is 0 Å².